The summed E-state index contributed by atoms with van der Waals surface area (Å²) in [4.78, 5) is 10.4. The topological polar surface area (TPSA) is 29.3 Å². The van der Waals surface area contributed by atoms with E-state index in [-0.39, 0.29) is 12.4 Å². The molecule has 0 fully saturated rings. The SMILES string of the molecule is Cl.O=[N+]1C=COC=CC1. The van der Waals surface area contributed by atoms with Crippen LogP contribution in [-0.2, 0) is 4.74 Å². The van der Waals surface area contributed by atoms with Crippen molar-refractivity contribution < 1.29 is 9.50 Å². The summed E-state index contributed by atoms with van der Waals surface area (Å²) in [5, 5.41) is 0. The predicted octanol–water partition coefficient (Wildman–Crippen LogP) is 1.20. The fourth-order valence-electron chi connectivity index (χ4n) is 0.412. The van der Waals surface area contributed by atoms with Gasteiger partial charge in [0.15, 0.2) is 6.26 Å². The van der Waals surface area contributed by atoms with E-state index in [1.807, 2.05) is 0 Å². The van der Waals surface area contributed by atoms with Crippen LogP contribution in [0.5, 0.6) is 0 Å². The molecule has 0 spiro atoms. The molecule has 1 aliphatic heterocycles. The maximum absolute atomic E-state index is 10.4. The number of nitrogens with zero attached hydrogens (tertiary/aromatic N) is 1. The molecule has 0 saturated carbocycles. The van der Waals surface area contributed by atoms with Gasteiger partial charge in [-0.05, 0) is 0 Å². The molecule has 0 aromatic rings. The fraction of sp³-hybridized carbons (Fsp3) is 0.200. The maximum Gasteiger partial charge on any atom is 0.256 e. The molecule has 0 N–H and O–H groups in total. The largest absolute Gasteiger partial charge is 0.466 e. The van der Waals surface area contributed by atoms with Gasteiger partial charge in [-0.3, -0.25) is 0 Å². The molecule has 0 unspecified atom stereocenters. The van der Waals surface area contributed by atoms with Gasteiger partial charge in [-0.2, -0.15) is 0 Å². The Hall–Kier alpha value is -0.830. The van der Waals surface area contributed by atoms with Crippen LogP contribution in [0.2, 0.25) is 0 Å². The second kappa shape index (κ2) is 4.09. The number of rotatable bonds is 0. The molecule has 0 radical (unpaired) electrons. The van der Waals surface area contributed by atoms with Crippen LogP contribution in [0.25, 0.3) is 0 Å². The zero-order valence-electron chi connectivity index (χ0n) is 4.69. The predicted molar refractivity (Wildman–Crippen MR) is 35.1 cm³/mol. The van der Waals surface area contributed by atoms with E-state index >= 15 is 0 Å². The average Bonchev–Trinajstić information content (AvgIpc) is 1.94. The summed E-state index contributed by atoms with van der Waals surface area (Å²) in [5.74, 6) is 0. The third kappa shape index (κ3) is 2.87. The van der Waals surface area contributed by atoms with Crippen LogP contribution in [0.3, 0.4) is 0 Å². The molecular formula is C5H7ClNO2+. The van der Waals surface area contributed by atoms with Gasteiger partial charge < -0.3 is 4.74 Å². The maximum atomic E-state index is 10.4. The summed E-state index contributed by atoms with van der Waals surface area (Å²) < 4.78 is 5.44. The highest BCUT2D eigenvalue weighted by Gasteiger charge is 1.99. The highest BCUT2D eigenvalue weighted by atomic mass is 35.5. The van der Waals surface area contributed by atoms with Crippen LogP contribution >= 0.6 is 12.4 Å². The molecule has 0 bridgehead atoms. The van der Waals surface area contributed by atoms with Crippen molar-refractivity contribution in [2.45, 2.75) is 0 Å². The summed E-state index contributed by atoms with van der Waals surface area (Å²) >= 11 is 0. The molecule has 0 saturated heterocycles. The van der Waals surface area contributed by atoms with Gasteiger partial charge in [0.1, 0.15) is 0 Å². The fourth-order valence-corrected chi connectivity index (χ4v) is 0.412. The molecule has 1 aliphatic rings. The molecule has 9 heavy (non-hydrogen) atoms. The summed E-state index contributed by atoms with van der Waals surface area (Å²) in [6.45, 7) is 0.372. The minimum absolute atomic E-state index is 0. The van der Waals surface area contributed by atoms with Crippen LogP contribution in [0.4, 0.5) is 0 Å². The van der Waals surface area contributed by atoms with Gasteiger partial charge in [0.2, 0.25) is 6.54 Å². The first-order valence-corrected chi connectivity index (χ1v) is 2.30. The van der Waals surface area contributed by atoms with E-state index in [1.165, 1.54) is 18.7 Å². The Balaban J connectivity index is 0.000000640. The Morgan fingerprint density at radius 2 is 2.22 bits per heavy atom. The Kier molecular flexibility index (Phi) is 3.71. The first kappa shape index (κ1) is 8.17. The van der Waals surface area contributed by atoms with E-state index in [1.54, 1.807) is 6.08 Å². The molecule has 3 nitrogen and oxygen atoms in total. The summed E-state index contributed by atoms with van der Waals surface area (Å²) in [6.07, 6.45) is 5.80. The van der Waals surface area contributed by atoms with E-state index in [0.717, 1.165) is 4.76 Å². The van der Waals surface area contributed by atoms with Gasteiger partial charge in [0.05, 0.1) is 6.26 Å². The third-order valence-electron chi connectivity index (χ3n) is 0.766. The van der Waals surface area contributed by atoms with Crippen molar-refractivity contribution >= 4 is 12.4 Å². The van der Waals surface area contributed by atoms with Crippen molar-refractivity contribution in [1.29, 1.82) is 0 Å². The van der Waals surface area contributed by atoms with Gasteiger partial charge in [-0.15, -0.1) is 12.4 Å². The van der Waals surface area contributed by atoms with Crippen molar-refractivity contribution in [1.82, 2.24) is 0 Å². The van der Waals surface area contributed by atoms with Crippen molar-refractivity contribution in [2.24, 2.45) is 0 Å². The van der Waals surface area contributed by atoms with Crippen molar-refractivity contribution in [3.05, 3.63) is 29.7 Å². The van der Waals surface area contributed by atoms with E-state index in [0.29, 0.717) is 6.54 Å². The van der Waals surface area contributed by atoms with Crippen LogP contribution in [0, 0.1) is 4.91 Å². The molecule has 0 atom stereocenters. The van der Waals surface area contributed by atoms with Gasteiger partial charge in [0, 0.05) is 15.7 Å². The Morgan fingerprint density at radius 3 is 3.00 bits per heavy atom. The number of halogens is 1. The smallest absolute Gasteiger partial charge is 0.256 e. The standard InChI is InChI=1S/C5H6NO2.ClH/c7-6-2-1-4-8-5-3-6;/h1,3-5H,2H2;1H/q+1;. The molecule has 0 aromatic heterocycles. The average molecular weight is 149 g/mol. The lowest BCUT2D eigenvalue weighted by Gasteiger charge is -1.76. The molecule has 50 valence electrons. The Bertz CT molecular complexity index is 153. The third-order valence-corrected chi connectivity index (χ3v) is 0.766. The highest BCUT2D eigenvalue weighted by molar-refractivity contribution is 5.85. The minimum Gasteiger partial charge on any atom is -0.466 e. The Labute approximate surface area is 59.0 Å². The number of hydrogen-bond acceptors (Lipinski definition) is 2. The Morgan fingerprint density at radius 1 is 1.44 bits per heavy atom. The monoisotopic (exact) mass is 148 g/mol. The number of nitroso groups, excluding NO2 is 1. The zero-order valence-corrected chi connectivity index (χ0v) is 5.50. The summed E-state index contributed by atoms with van der Waals surface area (Å²) in [5.41, 5.74) is 0. The number of hydrogen-bond donors (Lipinski definition) is 0. The second-order valence-electron chi connectivity index (χ2n) is 1.39. The number of ether oxygens (including phenoxy) is 1. The lowest BCUT2D eigenvalue weighted by Crippen LogP contribution is -1.95. The lowest BCUT2D eigenvalue weighted by atomic mass is 10.6. The van der Waals surface area contributed by atoms with Crippen LogP contribution in [0.15, 0.2) is 24.8 Å². The summed E-state index contributed by atoms with van der Waals surface area (Å²) in [6, 6.07) is 0. The molecule has 1 rings (SSSR count). The van der Waals surface area contributed by atoms with Crippen LogP contribution in [0.1, 0.15) is 0 Å². The molecule has 0 aromatic carbocycles. The molecule has 1 heterocycles. The molecule has 0 aliphatic carbocycles. The highest BCUT2D eigenvalue weighted by Crippen LogP contribution is 1.88. The second-order valence-corrected chi connectivity index (χ2v) is 1.39. The molecule has 4 heteroatoms. The quantitative estimate of drug-likeness (QED) is 0.483. The van der Waals surface area contributed by atoms with Crippen molar-refractivity contribution in [3.8, 4) is 0 Å². The van der Waals surface area contributed by atoms with Gasteiger partial charge in [-0.1, -0.05) is 0 Å². The van der Waals surface area contributed by atoms with Crippen molar-refractivity contribution in [2.75, 3.05) is 6.54 Å². The van der Waals surface area contributed by atoms with E-state index in [9.17, 15) is 4.91 Å². The zero-order chi connectivity index (χ0) is 5.82. The van der Waals surface area contributed by atoms with E-state index < -0.39 is 0 Å². The normalized spacial score (nSPS) is 15.8. The lowest BCUT2D eigenvalue weighted by molar-refractivity contribution is -0.467. The van der Waals surface area contributed by atoms with E-state index in [4.69, 9.17) is 0 Å². The molecular weight excluding hydrogens is 142 g/mol. The van der Waals surface area contributed by atoms with Crippen molar-refractivity contribution in [3.63, 3.8) is 0 Å². The first-order valence-electron chi connectivity index (χ1n) is 2.30. The molecule has 0 amide bonds. The summed E-state index contributed by atoms with van der Waals surface area (Å²) in [7, 11) is 0. The van der Waals surface area contributed by atoms with Crippen LogP contribution in [-0.4, -0.2) is 11.3 Å². The van der Waals surface area contributed by atoms with Gasteiger partial charge in [-0.25, -0.2) is 0 Å². The van der Waals surface area contributed by atoms with Crippen LogP contribution < -0.4 is 0 Å². The minimum atomic E-state index is 0. The first-order chi connectivity index (χ1) is 3.89. The van der Waals surface area contributed by atoms with Gasteiger partial charge >= 0.3 is 0 Å². The van der Waals surface area contributed by atoms with E-state index in [2.05, 4.69) is 4.74 Å². The van der Waals surface area contributed by atoms with Gasteiger partial charge in [0.25, 0.3) is 6.20 Å².